The first-order valence-corrected chi connectivity index (χ1v) is 6.18. The molecule has 0 spiro atoms. The summed E-state index contributed by atoms with van der Waals surface area (Å²) < 4.78 is 0. The number of carbonyl (C=O) groups is 1. The lowest BCUT2D eigenvalue weighted by Crippen LogP contribution is -2.02. The number of hydrogen-bond acceptors (Lipinski definition) is 2. The van der Waals surface area contributed by atoms with Crippen LogP contribution in [0.15, 0.2) is 48.5 Å². The number of ketones is 1. The Morgan fingerprint density at radius 3 is 2.44 bits per heavy atom. The van der Waals surface area contributed by atoms with E-state index in [9.17, 15) is 9.90 Å². The van der Waals surface area contributed by atoms with E-state index in [1.54, 1.807) is 18.2 Å². The Labute approximate surface area is 106 Å². The minimum absolute atomic E-state index is 0.0632. The summed E-state index contributed by atoms with van der Waals surface area (Å²) in [6.07, 6.45) is 2.37. The quantitative estimate of drug-likeness (QED) is 0.831. The molecular formula is C16H14O2. The standard InChI is InChI=1S/C16H14O2/c17-15-9-8-13(11-6-7-11)10-14(15)16(18)12-4-2-1-3-5-12/h1-5,8-11,17H,6-7H2. The van der Waals surface area contributed by atoms with Crippen LogP contribution in [0, 0.1) is 0 Å². The van der Waals surface area contributed by atoms with Gasteiger partial charge < -0.3 is 5.11 Å². The zero-order valence-corrected chi connectivity index (χ0v) is 9.97. The first-order valence-electron chi connectivity index (χ1n) is 6.18. The Bertz CT molecular complexity index is 583. The molecule has 0 amide bonds. The molecule has 2 aromatic rings. The van der Waals surface area contributed by atoms with E-state index in [0.717, 1.165) is 5.56 Å². The van der Waals surface area contributed by atoms with E-state index in [-0.39, 0.29) is 11.5 Å². The highest BCUT2D eigenvalue weighted by molar-refractivity contribution is 6.10. The monoisotopic (exact) mass is 238 g/mol. The molecular weight excluding hydrogens is 224 g/mol. The van der Waals surface area contributed by atoms with E-state index in [4.69, 9.17) is 0 Å². The fourth-order valence-corrected chi connectivity index (χ4v) is 2.15. The number of carbonyl (C=O) groups excluding carboxylic acids is 1. The van der Waals surface area contributed by atoms with Crippen molar-refractivity contribution in [3.8, 4) is 5.75 Å². The molecule has 90 valence electrons. The van der Waals surface area contributed by atoms with Crippen molar-refractivity contribution >= 4 is 5.78 Å². The Hall–Kier alpha value is -2.09. The van der Waals surface area contributed by atoms with Crippen LogP contribution in [0.5, 0.6) is 5.75 Å². The highest BCUT2D eigenvalue weighted by Gasteiger charge is 2.25. The van der Waals surface area contributed by atoms with Crippen LogP contribution >= 0.6 is 0 Å². The predicted octanol–water partition coefficient (Wildman–Crippen LogP) is 3.50. The molecule has 0 unspecified atom stereocenters. The molecule has 0 saturated heterocycles. The third kappa shape index (κ3) is 2.02. The van der Waals surface area contributed by atoms with Gasteiger partial charge in [-0.3, -0.25) is 4.79 Å². The number of hydrogen-bond donors (Lipinski definition) is 1. The largest absolute Gasteiger partial charge is 0.507 e. The number of benzene rings is 2. The van der Waals surface area contributed by atoms with Crippen LogP contribution in [0.2, 0.25) is 0 Å². The van der Waals surface area contributed by atoms with Gasteiger partial charge in [-0.15, -0.1) is 0 Å². The molecule has 1 N–H and O–H groups in total. The summed E-state index contributed by atoms with van der Waals surface area (Å²) in [5.41, 5.74) is 2.18. The van der Waals surface area contributed by atoms with Gasteiger partial charge in [-0.05, 0) is 36.5 Å². The van der Waals surface area contributed by atoms with Gasteiger partial charge in [0.25, 0.3) is 0 Å². The van der Waals surface area contributed by atoms with Crippen LogP contribution in [0.1, 0.15) is 40.2 Å². The number of rotatable bonds is 3. The normalized spacial score (nSPS) is 14.4. The lowest BCUT2D eigenvalue weighted by Gasteiger charge is -2.06. The third-order valence-electron chi connectivity index (χ3n) is 3.35. The molecule has 1 saturated carbocycles. The lowest BCUT2D eigenvalue weighted by atomic mass is 9.99. The van der Waals surface area contributed by atoms with Gasteiger partial charge in [0.1, 0.15) is 5.75 Å². The number of phenolic OH excluding ortho intramolecular Hbond substituents is 1. The summed E-state index contributed by atoms with van der Waals surface area (Å²) in [6, 6.07) is 14.4. The van der Waals surface area contributed by atoms with Crippen LogP contribution in [-0.2, 0) is 0 Å². The van der Waals surface area contributed by atoms with Crippen LogP contribution in [0.25, 0.3) is 0 Å². The Balaban J connectivity index is 2.00. The zero-order valence-electron chi connectivity index (χ0n) is 9.97. The van der Waals surface area contributed by atoms with Gasteiger partial charge in [0, 0.05) is 5.56 Å². The minimum atomic E-state index is -0.115. The third-order valence-corrected chi connectivity index (χ3v) is 3.35. The van der Waals surface area contributed by atoms with Gasteiger partial charge in [-0.1, -0.05) is 36.4 Å². The molecule has 18 heavy (non-hydrogen) atoms. The van der Waals surface area contributed by atoms with E-state index in [1.807, 2.05) is 30.3 Å². The van der Waals surface area contributed by atoms with Gasteiger partial charge in [-0.25, -0.2) is 0 Å². The second-order valence-electron chi connectivity index (χ2n) is 4.75. The Morgan fingerprint density at radius 2 is 1.78 bits per heavy atom. The topological polar surface area (TPSA) is 37.3 Å². The maximum Gasteiger partial charge on any atom is 0.196 e. The minimum Gasteiger partial charge on any atom is -0.507 e. The summed E-state index contributed by atoms with van der Waals surface area (Å²) in [4.78, 5) is 12.3. The van der Waals surface area contributed by atoms with Crippen molar-refractivity contribution in [2.24, 2.45) is 0 Å². The summed E-state index contributed by atoms with van der Waals surface area (Å²) >= 11 is 0. The average Bonchev–Trinajstić information content (AvgIpc) is 3.24. The van der Waals surface area contributed by atoms with Crippen molar-refractivity contribution in [1.29, 1.82) is 0 Å². The molecule has 1 aliphatic carbocycles. The summed E-state index contributed by atoms with van der Waals surface area (Å²) in [6.45, 7) is 0. The van der Waals surface area contributed by atoms with E-state index in [2.05, 4.69) is 0 Å². The van der Waals surface area contributed by atoms with Crippen molar-refractivity contribution in [1.82, 2.24) is 0 Å². The van der Waals surface area contributed by atoms with Crippen molar-refractivity contribution in [3.63, 3.8) is 0 Å². The molecule has 0 aliphatic heterocycles. The molecule has 2 aromatic carbocycles. The van der Waals surface area contributed by atoms with E-state index >= 15 is 0 Å². The highest BCUT2D eigenvalue weighted by Crippen LogP contribution is 2.41. The van der Waals surface area contributed by atoms with E-state index in [0.29, 0.717) is 17.0 Å². The molecule has 0 aromatic heterocycles. The second kappa shape index (κ2) is 4.30. The summed E-state index contributed by atoms with van der Waals surface area (Å²) in [5, 5.41) is 9.85. The first kappa shape index (κ1) is 11.0. The zero-order chi connectivity index (χ0) is 12.5. The molecule has 0 atom stereocenters. The first-order chi connectivity index (χ1) is 8.75. The molecule has 2 nitrogen and oxygen atoms in total. The van der Waals surface area contributed by atoms with Crippen molar-refractivity contribution in [2.75, 3.05) is 0 Å². The van der Waals surface area contributed by atoms with Gasteiger partial charge in [0.05, 0.1) is 5.56 Å². The lowest BCUT2D eigenvalue weighted by molar-refractivity contribution is 0.103. The summed E-state index contributed by atoms with van der Waals surface area (Å²) in [7, 11) is 0. The molecule has 1 fully saturated rings. The van der Waals surface area contributed by atoms with Crippen LogP contribution in [0.4, 0.5) is 0 Å². The smallest absolute Gasteiger partial charge is 0.196 e. The Morgan fingerprint density at radius 1 is 1.06 bits per heavy atom. The number of phenols is 1. The summed E-state index contributed by atoms with van der Waals surface area (Å²) in [5.74, 6) is 0.525. The molecule has 0 heterocycles. The van der Waals surface area contributed by atoms with Crippen molar-refractivity contribution in [2.45, 2.75) is 18.8 Å². The van der Waals surface area contributed by atoms with Gasteiger partial charge in [-0.2, -0.15) is 0 Å². The van der Waals surface area contributed by atoms with Gasteiger partial charge in [0.2, 0.25) is 0 Å². The Kier molecular flexibility index (Phi) is 2.63. The fraction of sp³-hybridized carbons (Fsp3) is 0.188. The highest BCUT2D eigenvalue weighted by atomic mass is 16.3. The predicted molar refractivity (Wildman–Crippen MR) is 70.0 cm³/mol. The molecule has 0 bridgehead atoms. The molecule has 3 rings (SSSR count). The van der Waals surface area contributed by atoms with Crippen LogP contribution in [-0.4, -0.2) is 10.9 Å². The van der Waals surface area contributed by atoms with Crippen molar-refractivity contribution < 1.29 is 9.90 Å². The second-order valence-corrected chi connectivity index (χ2v) is 4.75. The molecule has 2 heteroatoms. The maximum absolute atomic E-state index is 12.3. The average molecular weight is 238 g/mol. The van der Waals surface area contributed by atoms with Crippen LogP contribution in [0.3, 0.4) is 0 Å². The van der Waals surface area contributed by atoms with E-state index in [1.165, 1.54) is 12.8 Å². The maximum atomic E-state index is 12.3. The van der Waals surface area contributed by atoms with Gasteiger partial charge >= 0.3 is 0 Å². The van der Waals surface area contributed by atoms with Gasteiger partial charge in [0.15, 0.2) is 5.78 Å². The SMILES string of the molecule is O=C(c1ccccc1)c1cc(C2CC2)ccc1O. The number of aromatic hydroxyl groups is 1. The molecule has 0 radical (unpaired) electrons. The fourth-order valence-electron chi connectivity index (χ4n) is 2.15. The van der Waals surface area contributed by atoms with E-state index < -0.39 is 0 Å². The molecule has 1 aliphatic rings. The van der Waals surface area contributed by atoms with Crippen LogP contribution < -0.4 is 0 Å². The van der Waals surface area contributed by atoms with Crippen molar-refractivity contribution in [3.05, 3.63) is 65.2 Å².